The molecule has 0 amide bonds. The van der Waals surface area contributed by atoms with Crippen molar-refractivity contribution in [2.45, 2.75) is 25.0 Å². The van der Waals surface area contributed by atoms with Gasteiger partial charge in [0.1, 0.15) is 11.9 Å². The van der Waals surface area contributed by atoms with E-state index in [1.54, 1.807) is 12.1 Å². The molecule has 0 aliphatic carbocycles. The second-order valence-electron chi connectivity index (χ2n) is 7.63. The molecule has 3 aliphatic heterocycles. The second kappa shape index (κ2) is 6.98. The third-order valence-corrected chi connectivity index (χ3v) is 5.88. The lowest BCUT2D eigenvalue weighted by Crippen LogP contribution is -2.55. The number of aryl methyl sites for hydroxylation is 1. The average Bonchev–Trinajstić information content (AvgIpc) is 3.16. The van der Waals surface area contributed by atoms with E-state index in [1.165, 1.54) is 36.2 Å². The number of fused-ring (bicyclic) bond motifs is 3. The lowest BCUT2D eigenvalue weighted by Gasteiger charge is -2.46. The highest BCUT2D eigenvalue weighted by Gasteiger charge is 2.32. The van der Waals surface area contributed by atoms with Crippen LogP contribution >= 0.6 is 0 Å². The average molecular weight is 365 g/mol. The van der Waals surface area contributed by atoms with Gasteiger partial charge < -0.3 is 4.90 Å². The monoisotopic (exact) mass is 365 g/mol. The number of benzene rings is 2. The number of piperazine rings is 1. The fourth-order valence-corrected chi connectivity index (χ4v) is 4.48. The molecule has 2 atom stereocenters. The van der Waals surface area contributed by atoms with Crippen LogP contribution in [0.3, 0.4) is 0 Å². The highest BCUT2D eigenvalue weighted by atomic mass is 19.1. The van der Waals surface area contributed by atoms with Crippen LogP contribution in [0, 0.1) is 5.82 Å². The largest absolute Gasteiger partial charge is 0.366 e. The standard InChI is InChI=1S/C22H24FN3O/c23-18-8-5-17(6-9-18)22-13-19(24-27-22)14-25-11-12-26-20(15-25)10-7-16-3-1-2-4-21(16)26/h1-6,8-9,13,20,22,24H,7,10-12,14-15H2. The zero-order valence-corrected chi connectivity index (χ0v) is 15.3. The molecule has 0 saturated carbocycles. The molecule has 0 aromatic heterocycles. The summed E-state index contributed by atoms with van der Waals surface area (Å²) in [7, 11) is 0. The van der Waals surface area contributed by atoms with Gasteiger partial charge in [-0.15, -0.1) is 0 Å². The topological polar surface area (TPSA) is 27.7 Å². The zero-order valence-electron chi connectivity index (χ0n) is 15.3. The van der Waals surface area contributed by atoms with Crippen LogP contribution in [0.4, 0.5) is 10.1 Å². The highest BCUT2D eigenvalue weighted by molar-refractivity contribution is 5.57. The van der Waals surface area contributed by atoms with Crippen LogP contribution in [0.1, 0.15) is 23.7 Å². The maximum absolute atomic E-state index is 13.1. The van der Waals surface area contributed by atoms with E-state index in [2.05, 4.69) is 45.6 Å². The molecule has 3 aliphatic rings. The molecule has 5 heteroatoms. The minimum absolute atomic E-state index is 0.150. The van der Waals surface area contributed by atoms with Crippen molar-refractivity contribution in [2.24, 2.45) is 0 Å². The molecule has 27 heavy (non-hydrogen) atoms. The van der Waals surface area contributed by atoms with E-state index in [1.807, 2.05) is 0 Å². The fourth-order valence-electron chi connectivity index (χ4n) is 4.48. The smallest absolute Gasteiger partial charge is 0.131 e. The first-order valence-electron chi connectivity index (χ1n) is 9.71. The molecule has 1 fully saturated rings. The first-order chi connectivity index (χ1) is 13.3. The molecular weight excluding hydrogens is 341 g/mol. The molecule has 0 spiro atoms. The number of anilines is 1. The third kappa shape index (κ3) is 3.33. The second-order valence-corrected chi connectivity index (χ2v) is 7.63. The third-order valence-electron chi connectivity index (χ3n) is 5.88. The molecular formula is C22H24FN3O. The van der Waals surface area contributed by atoms with Crippen molar-refractivity contribution < 1.29 is 9.23 Å². The van der Waals surface area contributed by atoms with Crippen LogP contribution in [0.5, 0.6) is 0 Å². The minimum Gasteiger partial charge on any atom is -0.366 e. The van der Waals surface area contributed by atoms with Gasteiger partial charge in [0.15, 0.2) is 0 Å². The molecule has 5 rings (SSSR count). The number of hydroxylamine groups is 1. The van der Waals surface area contributed by atoms with Gasteiger partial charge in [-0.3, -0.25) is 15.2 Å². The van der Waals surface area contributed by atoms with Gasteiger partial charge in [-0.1, -0.05) is 30.3 Å². The van der Waals surface area contributed by atoms with E-state index < -0.39 is 0 Å². The summed E-state index contributed by atoms with van der Waals surface area (Å²) in [6, 6.07) is 15.9. The first-order valence-corrected chi connectivity index (χ1v) is 9.71. The Morgan fingerprint density at radius 1 is 1.07 bits per heavy atom. The molecule has 140 valence electrons. The Morgan fingerprint density at radius 3 is 2.81 bits per heavy atom. The van der Waals surface area contributed by atoms with Gasteiger partial charge in [0.25, 0.3) is 0 Å². The summed E-state index contributed by atoms with van der Waals surface area (Å²) in [6.07, 6.45) is 4.34. The van der Waals surface area contributed by atoms with Crippen LogP contribution in [-0.2, 0) is 11.3 Å². The Morgan fingerprint density at radius 2 is 1.93 bits per heavy atom. The summed E-state index contributed by atoms with van der Waals surface area (Å²) < 4.78 is 13.1. The Kier molecular flexibility index (Phi) is 4.34. The van der Waals surface area contributed by atoms with Crippen molar-refractivity contribution >= 4 is 5.69 Å². The van der Waals surface area contributed by atoms with E-state index in [0.29, 0.717) is 6.04 Å². The molecule has 4 nitrogen and oxygen atoms in total. The number of para-hydroxylation sites is 1. The van der Waals surface area contributed by atoms with Gasteiger partial charge >= 0.3 is 0 Å². The van der Waals surface area contributed by atoms with Crippen molar-refractivity contribution in [2.75, 3.05) is 31.1 Å². The number of nitrogens with zero attached hydrogens (tertiary/aromatic N) is 2. The quantitative estimate of drug-likeness (QED) is 0.902. The zero-order chi connectivity index (χ0) is 18.2. The summed E-state index contributed by atoms with van der Waals surface area (Å²) in [5.41, 5.74) is 8.03. The van der Waals surface area contributed by atoms with Crippen LogP contribution in [0.25, 0.3) is 0 Å². The molecule has 3 heterocycles. The highest BCUT2D eigenvalue weighted by Crippen LogP contribution is 2.33. The predicted molar refractivity (Wildman–Crippen MR) is 104 cm³/mol. The van der Waals surface area contributed by atoms with Gasteiger partial charge in [-0.2, -0.15) is 0 Å². The predicted octanol–water partition coefficient (Wildman–Crippen LogP) is 3.42. The molecule has 1 saturated heterocycles. The molecule has 0 bridgehead atoms. The fraction of sp³-hybridized carbons (Fsp3) is 0.364. The number of hydrogen-bond acceptors (Lipinski definition) is 4. The molecule has 1 N–H and O–H groups in total. The lowest BCUT2D eigenvalue weighted by atomic mass is 9.94. The Labute approximate surface area is 159 Å². The van der Waals surface area contributed by atoms with Gasteiger partial charge in [0.05, 0.1) is 5.70 Å². The number of halogens is 1. The van der Waals surface area contributed by atoms with Crippen molar-refractivity contribution in [3.05, 3.63) is 77.2 Å². The minimum atomic E-state index is -0.221. The van der Waals surface area contributed by atoms with Crippen LogP contribution < -0.4 is 10.4 Å². The lowest BCUT2D eigenvalue weighted by molar-refractivity contribution is 0.0383. The Balaban J connectivity index is 1.23. The van der Waals surface area contributed by atoms with E-state index >= 15 is 0 Å². The maximum Gasteiger partial charge on any atom is 0.131 e. The van der Waals surface area contributed by atoms with Crippen molar-refractivity contribution in [3.63, 3.8) is 0 Å². The SMILES string of the molecule is Fc1ccc(C2C=C(CN3CCN4c5ccccc5CCC4C3)NO2)cc1. The molecule has 2 aromatic rings. The normalized spacial score (nSPS) is 24.8. The van der Waals surface area contributed by atoms with Crippen molar-refractivity contribution in [3.8, 4) is 0 Å². The van der Waals surface area contributed by atoms with Gasteiger partial charge in [-0.05, 0) is 48.2 Å². The van der Waals surface area contributed by atoms with Gasteiger partial charge in [-0.25, -0.2) is 4.39 Å². The van der Waals surface area contributed by atoms with Gasteiger partial charge in [0.2, 0.25) is 0 Å². The Bertz CT molecular complexity index is 851. The van der Waals surface area contributed by atoms with E-state index in [9.17, 15) is 4.39 Å². The van der Waals surface area contributed by atoms with Crippen LogP contribution in [0.15, 0.2) is 60.3 Å². The first kappa shape index (κ1) is 16.8. The number of rotatable bonds is 3. The number of hydrogen-bond donors (Lipinski definition) is 1. The van der Waals surface area contributed by atoms with E-state index in [-0.39, 0.29) is 11.9 Å². The van der Waals surface area contributed by atoms with Crippen LogP contribution in [0.2, 0.25) is 0 Å². The summed E-state index contributed by atoms with van der Waals surface area (Å²) in [6.45, 7) is 4.06. The molecule has 2 unspecified atom stereocenters. The van der Waals surface area contributed by atoms with E-state index in [0.717, 1.165) is 37.4 Å². The summed E-state index contributed by atoms with van der Waals surface area (Å²) in [4.78, 5) is 10.8. The van der Waals surface area contributed by atoms with Crippen molar-refractivity contribution in [1.82, 2.24) is 10.4 Å². The summed E-state index contributed by atoms with van der Waals surface area (Å²) >= 11 is 0. The van der Waals surface area contributed by atoms with Crippen LogP contribution in [-0.4, -0.2) is 37.1 Å². The number of nitrogens with one attached hydrogen (secondary N) is 1. The summed E-state index contributed by atoms with van der Waals surface area (Å²) in [5.74, 6) is -0.221. The maximum atomic E-state index is 13.1. The summed E-state index contributed by atoms with van der Waals surface area (Å²) in [5, 5.41) is 0. The Hall–Kier alpha value is -2.37. The van der Waals surface area contributed by atoms with Gasteiger partial charge in [0, 0.05) is 37.9 Å². The van der Waals surface area contributed by atoms with E-state index in [4.69, 9.17) is 4.84 Å². The molecule has 0 radical (unpaired) electrons. The molecule has 2 aromatic carbocycles. The van der Waals surface area contributed by atoms with Crippen molar-refractivity contribution in [1.29, 1.82) is 0 Å².